The molecule has 0 amide bonds. The fourth-order valence-electron chi connectivity index (χ4n) is 1.34. The van der Waals surface area contributed by atoms with E-state index in [-0.39, 0.29) is 17.2 Å². The fraction of sp³-hybridized carbons (Fsp3) is 0.182. The predicted octanol–water partition coefficient (Wildman–Crippen LogP) is 2.76. The third kappa shape index (κ3) is 2.02. The molecule has 0 spiro atoms. The van der Waals surface area contributed by atoms with Gasteiger partial charge in [0.05, 0.1) is 4.92 Å². The normalized spacial score (nSPS) is 11.5. The van der Waals surface area contributed by atoms with Crippen molar-refractivity contribution in [1.82, 2.24) is 0 Å². The van der Waals surface area contributed by atoms with Gasteiger partial charge < -0.3 is 0 Å². The lowest BCUT2D eigenvalue weighted by molar-refractivity contribution is -0.385. The maximum Gasteiger partial charge on any atom is 0.287 e. The van der Waals surface area contributed by atoms with Crippen molar-refractivity contribution < 1.29 is 4.92 Å². The summed E-state index contributed by atoms with van der Waals surface area (Å²) in [4.78, 5) is 10.1. The first-order valence-corrected chi connectivity index (χ1v) is 4.41. The van der Waals surface area contributed by atoms with E-state index in [1.165, 1.54) is 6.07 Å². The molecule has 0 radical (unpaired) electrons. The van der Waals surface area contributed by atoms with Gasteiger partial charge in [-0.05, 0) is 5.56 Å². The van der Waals surface area contributed by atoms with Crippen LogP contribution in [0, 0.1) is 21.4 Å². The molecule has 0 aromatic heterocycles. The van der Waals surface area contributed by atoms with Gasteiger partial charge >= 0.3 is 0 Å². The Bertz CT molecular complexity index is 446. The summed E-state index contributed by atoms with van der Waals surface area (Å²) in [5.41, 5.74) is 0.611. The average molecular weight is 202 g/mol. The molecule has 0 heterocycles. The molecule has 0 bridgehead atoms. The number of nitro groups is 1. The Morgan fingerprint density at radius 1 is 1.67 bits per heavy atom. The minimum absolute atomic E-state index is 0.0699. The highest BCUT2D eigenvalue weighted by molar-refractivity contribution is 5.55. The Balaban J connectivity index is 3.42. The molecule has 0 aliphatic rings. The number of benzene rings is 1. The van der Waals surface area contributed by atoms with E-state index in [0.29, 0.717) is 5.56 Å². The Morgan fingerprint density at radius 3 is 2.80 bits per heavy atom. The third-order valence-corrected chi connectivity index (χ3v) is 2.23. The third-order valence-electron chi connectivity index (χ3n) is 2.23. The first-order valence-electron chi connectivity index (χ1n) is 4.41. The summed E-state index contributed by atoms with van der Waals surface area (Å²) in [7, 11) is 0. The Labute approximate surface area is 87.6 Å². The molecular formula is C11H10N2O2. The molecule has 4 heteroatoms. The minimum Gasteiger partial charge on any atom is -0.258 e. The Hall–Kier alpha value is -2.15. The number of rotatable bonds is 3. The SMILES string of the molecule is C=CC(C)c1cccc([N+](=O)[O-])c1C#N. The Morgan fingerprint density at radius 2 is 2.33 bits per heavy atom. The van der Waals surface area contributed by atoms with Gasteiger partial charge in [-0.15, -0.1) is 6.58 Å². The van der Waals surface area contributed by atoms with Gasteiger partial charge in [0.1, 0.15) is 11.6 Å². The minimum atomic E-state index is -0.544. The average Bonchev–Trinajstić information content (AvgIpc) is 2.26. The van der Waals surface area contributed by atoms with Crippen molar-refractivity contribution in [2.75, 3.05) is 0 Å². The Kier molecular flexibility index (Phi) is 3.19. The van der Waals surface area contributed by atoms with E-state index in [9.17, 15) is 10.1 Å². The molecule has 1 aromatic carbocycles. The summed E-state index contributed by atoms with van der Waals surface area (Å²) in [5, 5.41) is 19.6. The zero-order valence-corrected chi connectivity index (χ0v) is 8.30. The van der Waals surface area contributed by atoms with Crippen LogP contribution in [0.3, 0.4) is 0 Å². The summed E-state index contributed by atoms with van der Waals surface area (Å²) >= 11 is 0. The van der Waals surface area contributed by atoms with E-state index < -0.39 is 4.92 Å². The van der Waals surface area contributed by atoms with Gasteiger partial charge in [0.15, 0.2) is 0 Å². The summed E-state index contributed by atoms with van der Waals surface area (Å²) in [6.07, 6.45) is 1.65. The van der Waals surface area contributed by atoms with E-state index in [1.54, 1.807) is 18.2 Å². The quantitative estimate of drug-likeness (QED) is 0.430. The van der Waals surface area contributed by atoms with Gasteiger partial charge in [-0.1, -0.05) is 25.1 Å². The first-order chi connectivity index (χ1) is 7.11. The fourth-order valence-corrected chi connectivity index (χ4v) is 1.34. The second kappa shape index (κ2) is 4.38. The van der Waals surface area contributed by atoms with Gasteiger partial charge in [0.25, 0.3) is 5.69 Å². The second-order valence-corrected chi connectivity index (χ2v) is 3.13. The number of nitrogens with zero attached hydrogens (tertiary/aromatic N) is 2. The summed E-state index contributed by atoms with van der Waals surface area (Å²) in [5.74, 6) is -0.0699. The second-order valence-electron chi connectivity index (χ2n) is 3.13. The van der Waals surface area contributed by atoms with Gasteiger partial charge in [-0.3, -0.25) is 10.1 Å². The van der Waals surface area contributed by atoms with Crippen LogP contribution in [0.2, 0.25) is 0 Å². The van der Waals surface area contributed by atoms with Crippen LogP contribution < -0.4 is 0 Å². The van der Waals surface area contributed by atoms with Gasteiger partial charge in [0, 0.05) is 12.0 Å². The van der Waals surface area contributed by atoms with E-state index in [0.717, 1.165) is 0 Å². The maximum atomic E-state index is 10.7. The monoisotopic (exact) mass is 202 g/mol. The molecule has 1 aromatic rings. The molecule has 0 fully saturated rings. The van der Waals surface area contributed by atoms with Crippen molar-refractivity contribution in [1.29, 1.82) is 5.26 Å². The van der Waals surface area contributed by atoms with E-state index >= 15 is 0 Å². The maximum absolute atomic E-state index is 10.7. The highest BCUT2D eigenvalue weighted by Gasteiger charge is 2.18. The van der Waals surface area contributed by atoms with Gasteiger partial charge in [-0.2, -0.15) is 5.26 Å². The number of nitriles is 1. The molecule has 4 nitrogen and oxygen atoms in total. The van der Waals surface area contributed by atoms with Gasteiger partial charge in [-0.25, -0.2) is 0 Å². The molecule has 1 unspecified atom stereocenters. The molecule has 15 heavy (non-hydrogen) atoms. The van der Waals surface area contributed by atoms with Crippen LogP contribution in [0.15, 0.2) is 30.9 Å². The van der Waals surface area contributed by atoms with Crippen molar-refractivity contribution in [3.05, 3.63) is 52.1 Å². The highest BCUT2D eigenvalue weighted by atomic mass is 16.6. The zero-order valence-electron chi connectivity index (χ0n) is 8.30. The molecule has 0 N–H and O–H groups in total. The predicted molar refractivity (Wildman–Crippen MR) is 56.4 cm³/mol. The van der Waals surface area contributed by atoms with Crippen LogP contribution in [0.25, 0.3) is 0 Å². The molecule has 0 aliphatic heterocycles. The summed E-state index contributed by atoms with van der Waals surface area (Å²) in [6.45, 7) is 5.45. The molecule has 76 valence electrons. The summed E-state index contributed by atoms with van der Waals surface area (Å²) in [6, 6.07) is 6.49. The smallest absolute Gasteiger partial charge is 0.258 e. The van der Waals surface area contributed by atoms with E-state index in [2.05, 4.69) is 6.58 Å². The van der Waals surface area contributed by atoms with Crippen molar-refractivity contribution in [3.8, 4) is 6.07 Å². The topological polar surface area (TPSA) is 66.9 Å². The van der Waals surface area contributed by atoms with Crippen LogP contribution in [0.4, 0.5) is 5.69 Å². The molecule has 1 rings (SSSR count). The number of hydrogen-bond acceptors (Lipinski definition) is 3. The highest BCUT2D eigenvalue weighted by Crippen LogP contribution is 2.27. The van der Waals surface area contributed by atoms with Gasteiger partial charge in [0.2, 0.25) is 0 Å². The number of nitro benzene ring substituents is 1. The van der Waals surface area contributed by atoms with Crippen LogP contribution in [0.1, 0.15) is 24.0 Å². The molecular weight excluding hydrogens is 192 g/mol. The zero-order chi connectivity index (χ0) is 11.4. The van der Waals surface area contributed by atoms with E-state index in [4.69, 9.17) is 5.26 Å². The molecule has 0 saturated heterocycles. The molecule has 0 aliphatic carbocycles. The van der Waals surface area contributed by atoms with Crippen LogP contribution in [-0.4, -0.2) is 4.92 Å². The van der Waals surface area contributed by atoms with Crippen LogP contribution >= 0.6 is 0 Å². The lowest BCUT2D eigenvalue weighted by Crippen LogP contribution is -1.99. The number of hydrogen-bond donors (Lipinski definition) is 0. The molecule has 0 saturated carbocycles. The summed E-state index contributed by atoms with van der Waals surface area (Å²) < 4.78 is 0. The first kappa shape index (κ1) is 10.9. The van der Waals surface area contributed by atoms with Crippen LogP contribution in [0.5, 0.6) is 0 Å². The standard InChI is InChI=1S/C11H10N2O2/c1-3-8(2)9-5-4-6-11(13(14)15)10(9)7-12/h3-6,8H,1H2,2H3. The van der Waals surface area contributed by atoms with Crippen molar-refractivity contribution in [2.45, 2.75) is 12.8 Å². The van der Waals surface area contributed by atoms with Crippen molar-refractivity contribution in [2.24, 2.45) is 0 Å². The van der Waals surface area contributed by atoms with Crippen LogP contribution in [-0.2, 0) is 0 Å². The van der Waals surface area contributed by atoms with E-state index in [1.807, 2.05) is 13.0 Å². The van der Waals surface area contributed by atoms with Crippen molar-refractivity contribution >= 4 is 5.69 Å². The number of allylic oxidation sites excluding steroid dienone is 1. The largest absolute Gasteiger partial charge is 0.287 e. The lowest BCUT2D eigenvalue weighted by Gasteiger charge is -2.07. The van der Waals surface area contributed by atoms with Crippen molar-refractivity contribution in [3.63, 3.8) is 0 Å². The molecule has 1 atom stereocenters. The lowest BCUT2D eigenvalue weighted by atomic mass is 9.95.